The van der Waals surface area contributed by atoms with E-state index >= 15 is 0 Å². The highest BCUT2D eigenvalue weighted by Crippen LogP contribution is 2.33. The van der Waals surface area contributed by atoms with Crippen LogP contribution in [0.3, 0.4) is 0 Å². The van der Waals surface area contributed by atoms with Gasteiger partial charge in [-0.25, -0.2) is 0 Å². The van der Waals surface area contributed by atoms with Crippen LogP contribution >= 0.6 is 0 Å². The molecule has 1 heterocycles. The summed E-state index contributed by atoms with van der Waals surface area (Å²) in [6.45, 7) is 2.54. The van der Waals surface area contributed by atoms with E-state index < -0.39 is 0 Å². The molecule has 2 saturated carbocycles. The van der Waals surface area contributed by atoms with Gasteiger partial charge in [0.05, 0.1) is 12.5 Å². The Morgan fingerprint density at radius 3 is 2.67 bits per heavy atom. The summed E-state index contributed by atoms with van der Waals surface area (Å²) in [7, 11) is 0. The number of nitrogens with zero attached hydrogens (tertiary/aromatic N) is 1. The molecular weight excluding hydrogens is 264 g/mol. The van der Waals surface area contributed by atoms with Crippen molar-refractivity contribution in [2.75, 3.05) is 0 Å². The van der Waals surface area contributed by atoms with E-state index in [1.165, 1.54) is 6.42 Å². The molecular formula is C17H26N2O2. The summed E-state index contributed by atoms with van der Waals surface area (Å²) in [5.74, 6) is 2.04. The van der Waals surface area contributed by atoms with Gasteiger partial charge in [0.2, 0.25) is 5.91 Å². The Hall–Kier alpha value is -1.29. The first-order chi connectivity index (χ1) is 10.1. The maximum absolute atomic E-state index is 13.0. The van der Waals surface area contributed by atoms with Crippen LogP contribution in [0.5, 0.6) is 0 Å². The number of carbonyl (C=O) groups is 1. The number of rotatable bonds is 4. The first-order valence-corrected chi connectivity index (χ1v) is 8.26. The molecule has 4 heteroatoms. The number of aryl methyl sites for hydroxylation is 1. The van der Waals surface area contributed by atoms with Crippen molar-refractivity contribution in [3.8, 4) is 0 Å². The molecule has 2 atom stereocenters. The zero-order chi connectivity index (χ0) is 14.8. The molecule has 0 aromatic carbocycles. The van der Waals surface area contributed by atoms with Crippen molar-refractivity contribution >= 4 is 5.91 Å². The van der Waals surface area contributed by atoms with Crippen LogP contribution in [0.25, 0.3) is 0 Å². The third-order valence-electron chi connectivity index (χ3n) is 4.78. The lowest BCUT2D eigenvalue weighted by Crippen LogP contribution is -2.44. The Labute approximate surface area is 126 Å². The number of hydrogen-bond acceptors (Lipinski definition) is 3. The van der Waals surface area contributed by atoms with Gasteiger partial charge in [-0.3, -0.25) is 4.79 Å². The molecule has 2 aliphatic rings. The fourth-order valence-corrected chi connectivity index (χ4v) is 3.37. The minimum absolute atomic E-state index is 0.00385. The van der Waals surface area contributed by atoms with Crippen molar-refractivity contribution in [2.45, 2.75) is 70.5 Å². The number of hydrogen-bond donors (Lipinski definition) is 1. The van der Waals surface area contributed by atoms with Gasteiger partial charge < -0.3 is 15.1 Å². The molecule has 1 aromatic heterocycles. The maximum atomic E-state index is 13.0. The molecule has 2 unspecified atom stereocenters. The fourth-order valence-electron chi connectivity index (χ4n) is 3.37. The van der Waals surface area contributed by atoms with Crippen LogP contribution in [-0.2, 0) is 11.3 Å². The summed E-state index contributed by atoms with van der Waals surface area (Å²) in [5.41, 5.74) is 6.26. The van der Waals surface area contributed by atoms with Crippen molar-refractivity contribution in [1.29, 1.82) is 0 Å². The SMILES string of the molecule is Cc1ccc(CN(C(=O)C2CCCCCC2N)C2CC2)o1. The van der Waals surface area contributed by atoms with Gasteiger partial charge in [0, 0.05) is 12.1 Å². The Bertz CT molecular complexity index is 493. The third-order valence-corrected chi connectivity index (χ3v) is 4.78. The van der Waals surface area contributed by atoms with E-state index in [2.05, 4.69) is 0 Å². The molecule has 116 valence electrons. The average molecular weight is 290 g/mol. The zero-order valence-electron chi connectivity index (χ0n) is 12.9. The van der Waals surface area contributed by atoms with Crippen LogP contribution in [0.4, 0.5) is 0 Å². The zero-order valence-corrected chi connectivity index (χ0v) is 12.9. The molecule has 0 spiro atoms. The van der Waals surface area contributed by atoms with Crippen LogP contribution in [0, 0.1) is 12.8 Å². The van der Waals surface area contributed by atoms with Crippen molar-refractivity contribution in [1.82, 2.24) is 4.90 Å². The smallest absolute Gasteiger partial charge is 0.227 e. The van der Waals surface area contributed by atoms with Gasteiger partial charge in [0.25, 0.3) is 0 Å². The quantitative estimate of drug-likeness (QED) is 0.867. The first kappa shape index (κ1) is 14.6. The highest BCUT2D eigenvalue weighted by atomic mass is 16.3. The molecule has 0 aliphatic heterocycles. The Morgan fingerprint density at radius 1 is 1.24 bits per heavy atom. The minimum atomic E-state index is 0.00385. The summed E-state index contributed by atoms with van der Waals surface area (Å²) >= 11 is 0. The maximum Gasteiger partial charge on any atom is 0.227 e. The van der Waals surface area contributed by atoms with Gasteiger partial charge in [-0.05, 0) is 44.7 Å². The molecule has 0 bridgehead atoms. The Morgan fingerprint density at radius 2 is 2.00 bits per heavy atom. The summed E-state index contributed by atoms with van der Waals surface area (Å²) in [4.78, 5) is 15.0. The molecule has 4 nitrogen and oxygen atoms in total. The molecule has 1 amide bonds. The van der Waals surface area contributed by atoms with Crippen molar-refractivity contribution in [2.24, 2.45) is 11.7 Å². The van der Waals surface area contributed by atoms with Gasteiger partial charge in [0.1, 0.15) is 11.5 Å². The second kappa shape index (κ2) is 6.22. The first-order valence-electron chi connectivity index (χ1n) is 8.26. The monoisotopic (exact) mass is 290 g/mol. The number of furan rings is 1. The second-order valence-corrected chi connectivity index (χ2v) is 6.62. The van der Waals surface area contributed by atoms with Gasteiger partial charge >= 0.3 is 0 Å². The van der Waals surface area contributed by atoms with E-state index in [0.29, 0.717) is 12.6 Å². The van der Waals surface area contributed by atoms with Crippen molar-refractivity contribution in [3.05, 3.63) is 23.7 Å². The lowest BCUT2D eigenvalue weighted by molar-refractivity contribution is -0.138. The van der Waals surface area contributed by atoms with E-state index in [9.17, 15) is 4.79 Å². The lowest BCUT2D eigenvalue weighted by atomic mass is 9.94. The van der Waals surface area contributed by atoms with Gasteiger partial charge in [-0.15, -0.1) is 0 Å². The number of nitrogens with two attached hydrogens (primary N) is 1. The summed E-state index contributed by atoms with van der Waals surface area (Å²) in [5, 5.41) is 0. The van der Waals surface area contributed by atoms with Gasteiger partial charge in [-0.2, -0.15) is 0 Å². The minimum Gasteiger partial charge on any atom is -0.464 e. The highest BCUT2D eigenvalue weighted by Gasteiger charge is 2.38. The molecule has 2 fully saturated rings. The predicted molar refractivity (Wildman–Crippen MR) is 81.6 cm³/mol. The largest absolute Gasteiger partial charge is 0.464 e. The fraction of sp³-hybridized carbons (Fsp3) is 0.706. The Balaban J connectivity index is 1.71. The molecule has 3 rings (SSSR count). The second-order valence-electron chi connectivity index (χ2n) is 6.62. The van der Waals surface area contributed by atoms with Crippen molar-refractivity contribution < 1.29 is 9.21 Å². The van der Waals surface area contributed by atoms with Gasteiger partial charge in [-0.1, -0.05) is 19.3 Å². The van der Waals surface area contributed by atoms with E-state index in [-0.39, 0.29) is 17.9 Å². The molecule has 2 aliphatic carbocycles. The molecule has 21 heavy (non-hydrogen) atoms. The molecule has 0 radical (unpaired) electrons. The van der Waals surface area contributed by atoms with E-state index in [4.69, 9.17) is 10.2 Å². The summed E-state index contributed by atoms with van der Waals surface area (Å²) in [6.07, 6.45) is 7.66. The number of amides is 1. The van der Waals surface area contributed by atoms with Crippen LogP contribution in [-0.4, -0.2) is 22.9 Å². The van der Waals surface area contributed by atoms with E-state index in [0.717, 1.165) is 50.0 Å². The van der Waals surface area contributed by atoms with Crippen molar-refractivity contribution in [3.63, 3.8) is 0 Å². The standard InChI is InChI=1S/C17H26N2O2/c1-12-7-10-14(21-12)11-19(13-8-9-13)17(20)15-5-3-2-4-6-16(15)18/h7,10,13,15-16H,2-6,8-9,11,18H2,1H3. The van der Waals surface area contributed by atoms with Crippen LogP contribution in [0.2, 0.25) is 0 Å². The van der Waals surface area contributed by atoms with Crippen LogP contribution in [0.15, 0.2) is 16.5 Å². The van der Waals surface area contributed by atoms with Gasteiger partial charge in [0.15, 0.2) is 0 Å². The van der Waals surface area contributed by atoms with E-state index in [1.807, 2.05) is 24.0 Å². The topological polar surface area (TPSA) is 59.5 Å². The lowest BCUT2D eigenvalue weighted by Gasteiger charge is -2.29. The van der Waals surface area contributed by atoms with Crippen LogP contribution < -0.4 is 5.73 Å². The summed E-state index contributed by atoms with van der Waals surface area (Å²) < 4.78 is 5.66. The predicted octanol–water partition coefficient (Wildman–Crippen LogP) is 2.99. The van der Waals surface area contributed by atoms with Crippen LogP contribution in [0.1, 0.15) is 56.5 Å². The third kappa shape index (κ3) is 3.49. The number of carbonyl (C=O) groups excluding carboxylic acids is 1. The highest BCUT2D eigenvalue weighted by molar-refractivity contribution is 5.80. The summed E-state index contributed by atoms with van der Waals surface area (Å²) in [6, 6.07) is 4.37. The molecule has 1 aromatic rings. The molecule has 2 N–H and O–H groups in total. The Kier molecular flexibility index (Phi) is 4.34. The average Bonchev–Trinajstić information content (AvgIpc) is 3.24. The molecule has 0 saturated heterocycles. The van der Waals surface area contributed by atoms with E-state index in [1.54, 1.807) is 0 Å². The normalized spacial score (nSPS) is 26.4.